The highest BCUT2D eigenvalue weighted by molar-refractivity contribution is 5.87. The van der Waals surface area contributed by atoms with Crippen LogP contribution in [0.3, 0.4) is 0 Å². The number of hydrogen-bond donors (Lipinski definition) is 0. The zero-order chi connectivity index (χ0) is 25.7. The minimum absolute atomic E-state index is 0.644. The van der Waals surface area contributed by atoms with Crippen molar-refractivity contribution in [2.24, 2.45) is 5.92 Å². The van der Waals surface area contributed by atoms with E-state index < -0.39 is 0 Å². The van der Waals surface area contributed by atoms with Crippen molar-refractivity contribution < 1.29 is 14.2 Å². The van der Waals surface area contributed by atoms with E-state index in [9.17, 15) is 0 Å². The maximum Gasteiger partial charge on any atom is 0.163 e. The highest BCUT2D eigenvalue weighted by atomic mass is 16.5. The van der Waals surface area contributed by atoms with Crippen molar-refractivity contribution in [3.8, 4) is 29.6 Å². The second kappa shape index (κ2) is 11.7. The first kappa shape index (κ1) is 25.9. The van der Waals surface area contributed by atoms with Gasteiger partial charge in [-0.05, 0) is 92.9 Å². The van der Waals surface area contributed by atoms with Gasteiger partial charge in [0.15, 0.2) is 11.5 Å². The van der Waals surface area contributed by atoms with Gasteiger partial charge in [-0.3, -0.25) is 4.98 Å². The number of piperidine rings is 1. The number of benzene rings is 2. The second-order valence-electron chi connectivity index (χ2n) is 9.97. The fourth-order valence-corrected chi connectivity index (χ4v) is 5.07. The van der Waals surface area contributed by atoms with Crippen LogP contribution in [0.25, 0.3) is 10.9 Å². The summed E-state index contributed by atoms with van der Waals surface area (Å²) in [5, 5.41) is 0.982. The Bertz CT molecular complexity index is 1250. The molecule has 5 heteroatoms. The number of terminal acetylenes is 1. The summed E-state index contributed by atoms with van der Waals surface area (Å²) < 4.78 is 17.5. The van der Waals surface area contributed by atoms with E-state index in [-0.39, 0.29) is 0 Å². The number of aryl methyl sites for hydroxylation is 2. The molecule has 0 bridgehead atoms. The number of likely N-dealkylation sites (tertiary alicyclic amines) is 1. The van der Waals surface area contributed by atoms with Gasteiger partial charge in [-0.2, -0.15) is 0 Å². The second-order valence-corrected chi connectivity index (χ2v) is 9.97. The Balaban J connectivity index is 1.57. The van der Waals surface area contributed by atoms with Crippen molar-refractivity contribution in [3.05, 3.63) is 58.3 Å². The van der Waals surface area contributed by atoms with Crippen molar-refractivity contribution in [1.29, 1.82) is 0 Å². The largest absolute Gasteiger partial charge is 0.496 e. The number of rotatable bonds is 9. The maximum atomic E-state index is 6.18. The van der Waals surface area contributed by atoms with E-state index in [2.05, 4.69) is 48.7 Å². The first-order valence-corrected chi connectivity index (χ1v) is 12.9. The monoisotopic (exact) mass is 486 g/mol. The van der Waals surface area contributed by atoms with Crippen LogP contribution in [-0.4, -0.2) is 50.3 Å². The van der Waals surface area contributed by atoms with Crippen LogP contribution in [-0.2, 0) is 6.42 Å². The number of ether oxygens (including phenoxy) is 3. The van der Waals surface area contributed by atoms with Crippen LogP contribution in [0.15, 0.2) is 30.5 Å². The predicted octanol–water partition coefficient (Wildman–Crippen LogP) is 5.94. The van der Waals surface area contributed by atoms with Crippen molar-refractivity contribution in [2.75, 3.05) is 40.5 Å². The van der Waals surface area contributed by atoms with Gasteiger partial charge in [0.2, 0.25) is 0 Å². The maximum absolute atomic E-state index is 6.18. The van der Waals surface area contributed by atoms with Crippen molar-refractivity contribution in [2.45, 2.75) is 46.5 Å². The molecule has 1 aliphatic rings. The summed E-state index contributed by atoms with van der Waals surface area (Å²) in [6.07, 6.45) is 11.9. The van der Waals surface area contributed by atoms with Crippen molar-refractivity contribution in [3.63, 3.8) is 0 Å². The van der Waals surface area contributed by atoms with E-state index in [1.54, 1.807) is 20.4 Å². The SMILES string of the molecule is C#Cc1cnc2cc(OCCCN3CCC(C)CC3)c(OC)cc2c1Cc1cc(OC)c(C)cc1C. The third-order valence-corrected chi connectivity index (χ3v) is 7.39. The van der Waals surface area contributed by atoms with Gasteiger partial charge >= 0.3 is 0 Å². The highest BCUT2D eigenvalue weighted by Crippen LogP contribution is 2.35. The van der Waals surface area contributed by atoms with Crippen LogP contribution in [0.1, 0.15) is 54.0 Å². The minimum Gasteiger partial charge on any atom is -0.496 e. The van der Waals surface area contributed by atoms with E-state index in [4.69, 9.17) is 20.6 Å². The topological polar surface area (TPSA) is 43.8 Å². The first-order valence-electron chi connectivity index (χ1n) is 12.9. The average molecular weight is 487 g/mol. The third kappa shape index (κ3) is 5.77. The quantitative estimate of drug-likeness (QED) is 0.277. The highest BCUT2D eigenvalue weighted by Gasteiger charge is 2.17. The van der Waals surface area contributed by atoms with Crippen molar-refractivity contribution in [1.82, 2.24) is 9.88 Å². The normalized spacial score (nSPS) is 14.6. The molecule has 0 saturated carbocycles. The Morgan fingerprint density at radius 3 is 2.44 bits per heavy atom. The summed E-state index contributed by atoms with van der Waals surface area (Å²) >= 11 is 0. The first-order chi connectivity index (χ1) is 17.4. The number of pyridine rings is 1. The van der Waals surface area contributed by atoms with Crippen LogP contribution in [0.5, 0.6) is 17.2 Å². The van der Waals surface area contributed by atoms with Crippen LogP contribution >= 0.6 is 0 Å². The molecule has 0 N–H and O–H groups in total. The number of hydrogen-bond acceptors (Lipinski definition) is 5. The lowest BCUT2D eigenvalue weighted by atomic mass is 9.93. The molecule has 2 aromatic carbocycles. The molecular weight excluding hydrogens is 448 g/mol. The van der Waals surface area contributed by atoms with Crippen LogP contribution in [0.4, 0.5) is 0 Å². The molecular formula is C31H38N2O3. The van der Waals surface area contributed by atoms with E-state index in [1.807, 2.05) is 12.1 Å². The summed E-state index contributed by atoms with van der Waals surface area (Å²) in [6, 6.07) is 8.25. The van der Waals surface area contributed by atoms with Crippen molar-refractivity contribution >= 4 is 10.9 Å². The number of fused-ring (bicyclic) bond motifs is 1. The number of methoxy groups -OCH3 is 2. The minimum atomic E-state index is 0.644. The molecule has 36 heavy (non-hydrogen) atoms. The van der Waals surface area contributed by atoms with Gasteiger partial charge < -0.3 is 19.1 Å². The predicted molar refractivity (Wildman–Crippen MR) is 146 cm³/mol. The zero-order valence-corrected chi connectivity index (χ0v) is 22.3. The molecule has 0 amide bonds. The summed E-state index contributed by atoms with van der Waals surface area (Å²) in [4.78, 5) is 7.20. The molecule has 0 spiro atoms. The lowest BCUT2D eigenvalue weighted by molar-refractivity contribution is 0.176. The molecule has 0 unspecified atom stereocenters. The molecule has 0 aliphatic carbocycles. The lowest BCUT2D eigenvalue weighted by Crippen LogP contribution is -2.34. The van der Waals surface area contributed by atoms with Gasteiger partial charge in [0.25, 0.3) is 0 Å². The van der Waals surface area contributed by atoms with E-state index in [0.717, 1.165) is 58.0 Å². The Morgan fingerprint density at radius 2 is 1.75 bits per heavy atom. The van der Waals surface area contributed by atoms with Gasteiger partial charge in [0.05, 0.1) is 26.3 Å². The van der Waals surface area contributed by atoms with E-state index in [1.165, 1.54) is 37.1 Å². The molecule has 2 heterocycles. The van der Waals surface area contributed by atoms with Gasteiger partial charge in [-0.15, -0.1) is 6.42 Å². The number of aromatic nitrogens is 1. The van der Waals surface area contributed by atoms with Crippen LogP contribution in [0.2, 0.25) is 0 Å². The van der Waals surface area contributed by atoms with Gasteiger partial charge in [0.1, 0.15) is 5.75 Å². The number of nitrogens with zero attached hydrogens (tertiary/aromatic N) is 2. The lowest BCUT2D eigenvalue weighted by Gasteiger charge is -2.30. The molecule has 1 aromatic heterocycles. The zero-order valence-electron chi connectivity index (χ0n) is 22.3. The van der Waals surface area contributed by atoms with E-state index in [0.29, 0.717) is 18.8 Å². The summed E-state index contributed by atoms with van der Waals surface area (Å²) in [7, 11) is 3.38. The van der Waals surface area contributed by atoms with E-state index >= 15 is 0 Å². The Morgan fingerprint density at radius 1 is 1.00 bits per heavy atom. The fraction of sp³-hybridized carbons (Fsp3) is 0.452. The summed E-state index contributed by atoms with van der Waals surface area (Å²) in [5.74, 6) is 5.97. The smallest absolute Gasteiger partial charge is 0.163 e. The fourth-order valence-electron chi connectivity index (χ4n) is 5.07. The Kier molecular flexibility index (Phi) is 8.38. The van der Waals surface area contributed by atoms with Crippen LogP contribution in [0, 0.1) is 32.1 Å². The standard InChI is InChI=1S/C31H38N2O3/c1-7-24-20-32-28-19-31(36-14-8-11-33-12-9-21(2)10-13-33)30(35-6)18-27(28)26(24)16-25-17-29(34-5)23(4)15-22(25)3/h1,15,17-21H,8-14,16H2,2-6H3. The van der Waals surface area contributed by atoms with Crippen LogP contribution < -0.4 is 14.2 Å². The molecule has 190 valence electrons. The third-order valence-electron chi connectivity index (χ3n) is 7.39. The molecule has 1 saturated heterocycles. The molecule has 4 rings (SSSR count). The molecule has 0 atom stereocenters. The molecule has 1 aliphatic heterocycles. The summed E-state index contributed by atoms with van der Waals surface area (Å²) in [5.41, 5.74) is 6.19. The summed E-state index contributed by atoms with van der Waals surface area (Å²) in [6.45, 7) is 10.6. The van der Waals surface area contributed by atoms with Gasteiger partial charge in [-0.25, -0.2) is 0 Å². The van der Waals surface area contributed by atoms with Gasteiger partial charge in [-0.1, -0.05) is 18.9 Å². The molecule has 5 nitrogen and oxygen atoms in total. The van der Waals surface area contributed by atoms with Gasteiger partial charge in [0, 0.05) is 29.8 Å². The Hall–Kier alpha value is -3.23. The molecule has 3 aromatic rings. The molecule has 0 radical (unpaired) electrons. The Labute approximate surface area is 215 Å². The molecule has 1 fully saturated rings. The average Bonchev–Trinajstić information content (AvgIpc) is 2.88.